The van der Waals surface area contributed by atoms with Gasteiger partial charge in [-0.15, -0.1) is 12.8 Å². The highest BCUT2D eigenvalue weighted by molar-refractivity contribution is 6.42. The normalized spacial score (nSPS) is 12.5. The van der Waals surface area contributed by atoms with Crippen LogP contribution in [0.4, 0.5) is 0 Å². The van der Waals surface area contributed by atoms with Crippen LogP contribution < -0.4 is 0 Å². The minimum atomic E-state index is 0.582. The minimum Gasteiger partial charge on any atom is -0.354 e. The van der Waals surface area contributed by atoms with E-state index in [4.69, 9.17) is 22.8 Å². The van der Waals surface area contributed by atoms with Crippen LogP contribution in [0.2, 0.25) is 0 Å². The van der Waals surface area contributed by atoms with Crippen LogP contribution in [-0.2, 0) is 0 Å². The van der Waals surface area contributed by atoms with Gasteiger partial charge in [0.2, 0.25) is 0 Å². The molecule has 4 nitrogen and oxygen atoms in total. The predicted molar refractivity (Wildman–Crippen MR) is 235 cm³/mol. The van der Waals surface area contributed by atoms with Gasteiger partial charge >= 0.3 is 0 Å². The second-order valence-electron chi connectivity index (χ2n) is 14.5. The largest absolute Gasteiger partial charge is 0.354 e. The fourth-order valence-electron chi connectivity index (χ4n) is 9.33. The maximum absolute atomic E-state index is 6.42. The Morgan fingerprint density at radius 1 is 0.357 bits per heavy atom. The van der Waals surface area contributed by atoms with E-state index in [9.17, 15) is 0 Å². The molecule has 0 radical (unpaired) electrons. The number of benzene rings is 7. The van der Waals surface area contributed by atoms with Crippen molar-refractivity contribution in [2.45, 2.75) is 0 Å². The molecule has 7 aromatic carbocycles. The van der Waals surface area contributed by atoms with E-state index in [2.05, 4.69) is 131 Å². The van der Waals surface area contributed by atoms with Gasteiger partial charge in [0.25, 0.3) is 0 Å². The number of hydrogen-bond acceptors (Lipinski definition) is 2. The summed E-state index contributed by atoms with van der Waals surface area (Å²) in [6, 6.07) is 51.1. The average Bonchev–Trinajstić information content (AvgIpc) is 4.07. The highest BCUT2D eigenvalue weighted by Crippen LogP contribution is 2.48. The van der Waals surface area contributed by atoms with Gasteiger partial charge in [0.05, 0.1) is 33.6 Å². The molecule has 8 bridgehead atoms. The van der Waals surface area contributed by atoms with E-state index < -0.39 is 0 Å². The van der Waals surface area contributed by atoms with E-state index in [1.807, 2.05) is 36.4 Å². The molecule has 0 spiro atoms. The predicted octanol–water partition coefficient (Wildman–Crippen LogP) is 12.7. The van der Waals surface area contributed by atoms with Crippen molar-refractivity contribution in [2.75, 3.05) is 0 Å². The second-order valence-corrected chi connectivity index (χ2v) is 14.5. The van der Waals surface area contributed by atoms with Gasteiger partial charge in [0.15, 0.2) is 0 Å². The molecular formula is C52H28N4. The van der Waals surface area contributed by atoms with Crippen LogP contribution in [0.25, 0.3) is 120 Å². The quantitative estimate of drug-likeness (QED) is 0.139. The zero-order valence-corrected chi connectivity index (χ0v) is 29.9. The van der Waals surface area contributed by atoms with E-state index in [-0.39, 0.29) is 0 Å². The molecule has 0 saturated carbocycles. The highest BCUT2D eigenvalue weighted by Gasteiger charge is 2.27. The summed E-state index contributed by atoms with van der Waals surface area (Å²) in [6.07, 6.45) is 12.8. The van der Waals surface area contributed by atoms with Gasteiger partial charge in [-0.1, -0.05) is 133 Å². The summed E-state index contributed by atoms with van der Waals surface area (Å²) in [5, 5.41) is 11.5. The fourth-order valence-corrected chi connectivity index (χ4v) is 9.33. The molecule has 0 atom stereocenters. The van der Waals surface area contributed by atoms with E-state index in [0.29, 0.717) is 22.5 Å². The molecule has 4 aromatic heterocycles. The summed E-state index contributed by atoms with van der Waals surface area (Å²) < 4.78 is 0. The lowest BCUT2D eigenvalue weighted by Gasteiger charge is -2.11. The van der Waals surface area contributed by atoms with Crippen molar-refractivity contribution >= 4 is 98.1 Å². The number of aromatic amines is 2. The Kier molecular flexibility index (Phi) is 6.16. The lowest BCUT2D eigenvalue weighted by atomic mass is 9.91. The standard InChI is InChI=1S/C52H28N4/c1-3-31-32(4-2)50-44(30-17-9-6-10-18-30)40-26-28-42(54-40)46-36-22-14-12-20-34(36)38-24-23-37-33-19-11-13-21-35(33)45(51-47(37)48(38)52(46)56-51)41-27-25-39(53-41)43(49(31)55-50)29-15-7-5-8-16-29/h1-2,5-28,53-54H. The molecule has 2 N–H and O–H groups in total. The van der Waals surface area contributed by atoms with Gasteiger partial charge in [-0.25, -0.2) is 9.97 Å². The van der Waals surface area contributed by atoms with Crippen LogP contribution in [-0.4, -0.2) is 19.9 Å². The van der Waals surface area contributed by atoms with Crippen molar-refractivity contribution in [2.24, 2.45) is 0 Å². The van der Waals surface area contributed by atoms with Crippen LogP contribution in [0.15, 0.2) is 146 Å². The topological polar surface area (TPSA) is 57.4 Å². The first-order valence-electron chi connectivity index (χ1n) is 18.7. The van der Waals surface area contributed by atoms with E-state index in [1.165, 1.54) is 32.3 Å². The third-order valence-corrected chi connectivity index (χ3v) is 11.6. The van der Waals surface area contributed by atoms with Gasteiger partial charge in [-0.3, -0.25) is 0 Å². The van der Waals surface area contributed by atoms with E-state index >= 15 is 0 Å². The summed E-state index contributed by atoms with van der Waals surface area (Å²) >= 11 is 0. The van der Waals surface area contributed by atoms with Gasteiger partial charge in [0, 0.05) is 54.7 Å². The van der Waals surface area contributed by atoms with Crippen LogP contribution in [0.5, 0.6) is 0 Å². The Bertz CT molecular complexity index is 3460. The van der Waals surface area contributed by atoms with Gasteiger partial charge < -0.3 is 9.97 Å². The zero-order chi connectivity index (χ0) is 37.1. The third kappa shape index (κ3) is 4.00. The third-order valence-electron chi connectivity index (χ3n) is 11.6. The van der Waals surface area contributed by atoms with Crippen LogP contribution in [0.1, 0.15) is 11.4 Å². The molecule has 4 heteroatoms. The Hall–Kier alpha value is -7.92. The number of nitrogens with zero attached hydrogens (tertiary/aromatic N) is 2. The summed E-state index contributed by atoms with van der Waals surface area (Å²) in [5.74, 6) is 5.97. The van der Waals surface area contributed by atoms with Crippen LogP contribution in [0, 0.1) is 24.7 Å². The molecule has 256 valence electrons. The van der Waals surface area contributed by atoms with E-state index in [1.54, 1.807) is 0 Å². The summed E-state index contributed by atoms with van der Waals surface area (Å²) in [4.78, 5) is 18.9. The molecule has 11 aromatic rings. The number of hydrogen-bond donors (Lipinski definition) is 2. The smallest absolute Gasteiger partial charge is 0.0906 e. The lowest BCUT2D eigenvalue weighted by Crippen LogP contribution is -1.90. The number of fused-ring (bicyclic) bond motifs is 14. The molecule has 0 saturated heterocycles. The van der Waals surface area contributed by atoms with E-state index in [0.717, 1.165) is 76.9 Å². The minimum absolute atomic E-state index is 0.582. The van der Waals surface area contributed by atoms with Crippen molar-refractivity contribution in [3.8, 4) is 46.9 Å². The average molecular weight is 709 g/mol. The van der Waals surface area contributed by atoms with Crippen LogP contribution >= 0.6 is 0 Å². The fraction of sp³-hybridized carbons (Fsp3) is 0. The van der Waals surface area contributed by atoms with Crippen LogP contribution in [0.3, 0.4) is 0 Å². The summed E-state index contributed by atoms with van der Waals surface area (Å²) in [6.45, 7) is 0. The molecule has 0 amide bonds. The van der Waals surface area contributed by atoms with Gasteiger partial charge in [-0.2, -0.15) is 0 Å². The molecule has 0 aliphatic carbocycles. The van der Waals surface area contributed by atoms with Crippen molar-refractivity contribution < 1.29 is 0 Å². The summed E-state index contributed by atoms with van der Waals surface area (Å²) in [7, 11) is 0. The number of nitrogens with one attached hydrogen (secondary N) is 2. The number of allylic oxidation sites excluding steroid dienone is 2. The zero-order valence-electron chi connectivity index (χ0n) is 29.9. The van der Waals surface area contributed by atoms with Crippen molar-refractivity contribution in [3.63, 3.8) is 0 Å². The Morgan fingerprint density at radius 2 is 0.732 bits per heavy atom. The highest BCUT2D eigenvalue weighted by atomic mass is 14.8. The number of aromatic nitrogens is 4. The molecule has 1 aliphatic rings. The van der Waals surface area contributed by atoms with Crippen molar-refractivity contribution in [1.29, 1.82) is 0 Å². The lowest BCUT2D eigenvalue weighted by molar-refractivity contribution is 1.31. The maximum atomic E-state index is 6.42. The molecule has 1 aliphatic heterocycles. The first-order valence-corrected chi connectivity index (χ1v) is 18.7. The SMILES string of the molecule is C#CC1=C(C#C)c2nc1c(-c1ccccc1)c1ccc([nH]1)c1c3ccccc3c3ccc4c5ccccc5c(c5ccc([nH]5)c2-c2ccccc2)c2nc1c3c42. The molecule has 12 rings (SSSR count). The molecule has 0 fully saturated rings. The first kappa shape index (κ1) is 30.5. The number of terminal acetylenes is 2. The van der Waals surface area contributed by atoms with Crippen molar-refractivity contribution in [3.05, 3.63) is 157 Å². The molecule has 56 heavy (non-hydrogen) atoms. The maximum Gasteiger partial charge on any atom is 0.0906 e. The second kappa shape index (κ2) is 11.3. The number of H-pyrrole nitrogens is 2. The first-order chi connectivity index (χ1) is 27.7. The summed E-state index contributed by atoms with van der Waals surface area (Å²) in [5.41, 5.74) is 11.8. The Morgan fingerprint density at radius 3 is 1.16 bits per heavy atom. The Labute approximate surface area is 320 Å². The van der Waals surface area contributed by atoms with Gasteiger partial charge in [-0.05, 0) is 67.7 Å². The monoisotopic (exact) mass is 708 g/mol. The Balaban J connectivity index is 1.43. The molecule has 5 heterocycles. The molecule has 0 unspecified atom stereocenters. The van der Waals surface area contributed by atoms with Crippen molar-refractivity contribution in [1.82, 2.24) is 19.9 Å². The molecular weight excluding hydrogens is 681 g/mol. The number of rotatable bonds is 2. The van der Waals surface area contributed by atoms with Gasteiger partial charge in [0.1, 0.15) is 0 Å².